The molecule has 138 valence electrons. The maximum Gasteiger partial charge on any atom is 0.254 e. The van der Waals surface area contributed by atoms with Crippen LogP contribution in [0.25, 0.3) is 10.9 Å². The van der Waals surface area contributed by atoms with Crippen molar-refractivity contribution in [1.29, 1.82) is 0 Å². The summed E-state index contributed by atoms with van der Waals surface area (Å²) in [5, 5.41) is 0.923. The molecule has 2 aliphatic heterocycles. The highest BCUT2D eigenvalue weighted by atomic mass is 16.5. The quantitative estimate of drug-likeness (QED) is 0.830. The number of aromatic nitrogens is 1. The van der Waals surface area contributed by atoms with Crippen molar-refractivity contribution in [2.45, 2.75) is 44.3 Å². The van der Waals surface area contributed by atoms with Crippen LogP contribution in [0.5, 0.6) is 0 Å². The first kappa shape index (κ1) is 17.4. The third kappa shape index (κ3) is 2.99. The number of ether oxygens (including phenoxy) is 2. The minimum atomic E-state index is -0.222. The van der Waals surface area contributed by atoms with Gasteiger partial charge in [0.2, 0.25) is 0 Å². The number of hydrogen-bond acceptors (Lipinski definition) is 4. The molecule has 5 nitrogen and oxygen atoms in total. The number of hydrogen-bond donors (Lipinski definition) is 0. The third-order valence-corrected chi connectivity index (χ3v) is 5.84. The molecule has 26 heavy (non-hydrogen) atoms. The summed E-state index contributed by atoms with van der Waals surface area (Å²) in [6.07, 6.45) is 3.89. The van der Waals surface area contributed by atoms with Crippen LogP contribution < -0.4 is 0 Å². The standard InChI is InChI=1S/C21H26N2O3/c1-15-14-17(16-6-3-4-7-18(16)22-15)20(24)23-11-9-21(10-12-23)19(25-2)8-5-13-26-21/h3-4,6-7,14,19H,5,8-13H2,1-2H3. The first-order chi connectivity index (χ1) is 12.6. The molecule has 0 N–H and O–H groups in total. The Hall–Kier alpha value is -1.98. The number of likely N-dealkylation sites (tertiary alicyclic amines) is 1. The lowest BCUT2D eigenvalue weighted by molar-refractivity contribution is -0.183. The zero-order valence-corrected chi connectivity index (χ0v) is 15.5. The molecular formula is C21H26N2O3. The number of rotatable bonds is 2. The van der Waals surface area contributed by atoms with Gasteiger partial charge in [-0.3, -0.25) is 9.78 Å². The van der Waals surface area contributed by atoms with Gasteiger partial charge in [-0.2, -0.15) is 0 Å². The van der Waals surface area contributed by atoms with E-state index < -0.39 is 0 Å². The van der Waals surface area contributed by atoms with Crippen LogP contribution >= 0.6 is 0 Å². The van der Waals surface area contributed by atoms with Crippen molar-refractivity contribution in [1.82, 2.24) is 9.88 Å². The van der Waals surface area contributed by atoms with Gasteiger partial charge in [0, 0.05) is 37.9 Å². The highest BCUT2D eigenvalue weighted by Gasteiger charge is 2.45. The van der Waals surface area contributed by atoms with Crippen molar-refractivity contribution in [3.05, 3.63) is 41.6 Å². The predicted molar refractivity (Wildman–Crippen MR) is 100 cm³/mol. The Morgan fingerprint density at radius 3 is 2.85 bits per heavy atom. The van der Waals surface area contributed by atoms with E-state index in [-0.39, 0.29) is 17.6 Å². The molecule has 4 rings (SSSR count). The van der Waals surface area contributed by atoms with E-state index in [2.05, 4.69) is 4.98 Å². The Morgan fingerprint density at radius 1 is 1.31 bits per heavy atom. The lowest BCUT2D eigenvalue weighted by Crippen LogP contribution is -2.56. The normalized spacial score (nSPS) is 22.7. The molecule has 3 heterocycles. The Bertz CT molecular complexity index is 812. The van der Waals surface area contributed by atoms with E-state index >= 15 is 0 Å². The molecule has 1 unspecified atom stereocenters. The fraction of sp³-hybridized carbons (Fsp3) is 0.524. The smallest absolute Gasteiger partial charge is 0.254 e. The first-order valence-electron chi connectivity index (χ1n) is 9.45. The molecule has 1 aromatic heterocycles. The van der Waals surface area contributed by atoms with Gasteiger partial charge in [0.25, 0.3) is 5.91 Å². The Labute approximate surface area is 154 Å². The maximum absolute atomic E-state index is 13.2. The number of benzene rings is 1. The van der Waals surface area contributed by atoms with Crippen LogP contribution in [0.15, 0.2) is 30.3 Å². The van der Waals surface area contributed by atoms with Crippen LogP contribution in [0.2, 0.25) is 0 Å². The Kier molecular flexibility index (Phi) is 4.67. The zero-order valence-electron chi connectivity index (χ0n) is 15.5. The van der Waals surface area contributed by atoms with Crippen LogP contribution in [0.1, 0.15) is 41.7 Å². The molecule has 0 radical (unpaired) electrons. The molecule has 1 spiro atoms. The number of aryl methyl sites for hydroxylation is 1. The summed E-state index contributed by atoms with van der Waals surface area (Å²) < 4.78 is 11.9. The van der Waals surface area contributed by atoms with Crippen LogP contribution in [-0.4, -0.2) is 54.3 Å². The van der Waals surface area contributed by atoms with E-state index in [0.29, 0.717) is 13.1 Å². The molecule has 0 aliphatic carbocycles. The fourth-order valence-corrected chi connectivity index (χ4v) is 4.44. The number of carbonyl (C=O) groups is 1. The molecule has 2 fully saturated rings. The second kappa shape index (κ2) is 6.97. The number of carbonyl (C=O) groups excluding carboxylic acids is 1. The first-order valence-corrected chi connectivity index (χ1v) is 9.45. The summed E-state index contributed by atoms with van der Waals surface area (Å²) in [6, 6.07) is 9.76. The van der Waals surface area contributed by atoms with Crippen molar-refractivity contribution in [2.75, 3.05) is 26.8 Å². The van der Waals surface area contributed by atoms with Gasteiger partial charge in [0.1, 0.15) is 0 Å². The molecule has 2 aliphatic rings. The maximum atomic E-state index is 13.2. The number of para-hydroxylation sites is 1. The van der Waals surface area contributed by atoms with E-state index in [1.165, 1.54) is 0 Å². The lowest BCUT2D eigenvalue weighted by atomic mass is 9.81. The fourth-order valence-electron chi connectivity index (χ4n) is 4.44. The highest BCUT2D eigenvalue weighted by molar-refractivity contribution is 6.06. The molecule has 2 saturated heterocycles. The second-order valence-electron chi connectivity index (χ2n) is 7.40. The highest BCUT2D eigenvalue weighted by Crippen LogP contribution is 2.37. The van der Waals surface area contributed by atoms with Gasteiger partial charge in [0.15, 0.2) is 0 Å². The van der Waals surface area contributed by atoms with Gasteiger partial charge >= 0.3 is 0 Å². The minimum absolute atomic E-state index is 0.0892. The van der Waals surface area contributed by atoms with Gasteiger partial charge in [-0.05, 0) is 44.7 Å². The van der Waals surface area contributed by atoms with E-state index in [1.807, 2.05) is 42.2 Å². The van der Waals surface area contributed by atoms with Crippen LogP contribution in [-0.2, 0) is 9.47 Å². The number of nitrogens with zero attached hydrogens (tertiary/aromatic N) is 2. The summed E-state index contributed by atoms with van der Waals surface area (Å²) in [5.74, 6) is 0.0892. The van der Waals surface area contributed by atoms with E-state index in [0.717, 1.165) is 54.5 Å². The van der Waals surface area contributed by atoms with E-state index in [9.17, 15) is 4.79 Å². The number of piperidine rings is 1. The molecule has 0 saturated carbocycles. The molecule has 2 aromatic rings. The molecular weight excluding hydrogens is 328 g/mol. The van der Waals surface area contributed by atoms with Gasteiger partial charge in [-0.25, -0.2) is 0 Å². The van der Waals surface area contributed by atoms with Gasteiger partial charge in [-0.15, -0.1) is 0 Å². The molecule has 1 aromatic carbocycles. The van der Waals surface area contributed by atoms with Crippen molar-refractivity contribution in [2.24, 2.45) is 0 Å². The van der Waals surface area contributed by atoms with Crippen LogP contribution in [0.4, 0.5) is 0 Å². The average molecular weight is 354 g/mol. The number of pyridine rings is 1. The molecule has 5 heteroatoms. The Balaban J connectivity index is 1.56. The van der Waals surface area contributed by atoms with Crippen molar-refractivity contribution >= 4 is 16.8 Å². The van der Waals surface area contributed by atoms with Gasteiger partial charge < -0.3 is 14.4 Å². The summed E-state index contributed by atoms with van der Waals surface area (Å²) in [4.78, 5) is 19.7. The number of methoxy groups -OCH3 is 1. The molecule has 0 bridgehead atoms. The summed E-state index contributed by atoms with van der Waals surface area (Å²) in [5.41, 5.74) is 2.27. The van der Waals surface area contributed by atoms with Crippen molar-refractivity contribution in [3.63, 3.8) is 0 Å². The summed E-state index contributed by atoms with van der Waals surface area (Å²) >= 11 is 0. The van der Waals surface area contributed by atoms with Crippen LogP contribution in [0.3, 0.4) is 0 Å². The average Bonchev–Trinajstić information content (AvgIpc) is 2.68. The minimum Gasteiger partial charge on any atom is -0.378 e. The van der Waals surface area contributed by atoms with Crippen LogP contribution in [0, 0.1) is 6.92 Å². The van der Waals surface area contributed by atoms with Gasteiger partial charge in [-0.1, -0.05) is 18.2 Å². The number of fused-ring (bicyclic) bond motifs is 1. The molecule has 1 atom stereocenters. The van der Waals surface area contributed by atoms with Crippen molar-refractivity contribution < 1.29 is 14.3 Å². The summed E-state index contributed by atoms with van der Waals surface area (Å²) in [6.45, 7) is 4.14. The lowest BCUT2D eigenvalue weighted by Gasteiger charge is -2.48. The Morgan fingerprint density at radius 2 is 2.08 bits per heavy atom. The predicted octanol–water partition coefficient (Wildman–Crippen LogP) is 3.34. The monoisotopic (exact) mass is 354 g/mol. The number of amides is 1. The zero-order chi connectivity index (χ0) is 18.1. The SMILES string of the molecule is COC1CCCOC12CCN(C(=O)c1cc(C)nc3ccccc13)CC2. The molecule has 1 amide bonds. The largest absolute Gasteiger partial charge is 0.378 e. The van der Waals surface area contributed by atoms with E-state index in [1.54, 1.807) is 7.11 Å². The van der Waals surface area contributed by atoms with Gasteiger partial charge in [0.05, 0.1) is 22.8 Å². The van der Waals surface area contributed by atoms with Crippen molar-refractivity contribution in [3.8, 4) is 0 Å². The summed E-state index contributed by atoms with van der Waals surface area (Å²) in [7, 11) is 1.77. The topological polar surface area (TPSA) is 51.7 Å². The van der Waals surface area contributed by atoms with E-state index in [4.69, 9.17) is 9.47 Å². The third-order valence-electron chi connectivity index (χ3n) is 5.84. The second-order valence-corrected chi connectivity index (χ2v) is 7.40.